The van der Waals surface area contributed by atoms with Gasteiger partial charge in [0.15, 0.2) is 6.61 Å². The van der Waals surface area contributed by atoms with E-state index in [1.54, 1.807) is 32.2 Å². The number of aryl methyl sites for hydroxylation is 1. The van der Waals surface area contributed by atoms with Crippen molar-refractivity contribution < 1.29 is 30.3 Å². The van der Waals surface area contributed by atoms with Gasteiger partial charge in [-0.25, -0.2) is 9.97 Å². The molecule has 0 aliphatic rings. The molecule has 10 heteroatoms. The summed E-state index contributed by atoms with van der Waals surface area (Å²) in [6, 6.07) is 4.61. The molecule has 0 aromatic carbocycles. The first kappa shape index (κ1) is 24.4. The number of carbonyl (C=O) groups is 1. The summed E-state index contributed by atoms with van der Waals surface area (Å²) in [6.45, 7) is 7.01. The van der Waals surface area contributed by atoms with E-state index in [1.165, 1.54) is 6.07 Å². The number of halogens is 3. The van der Waals surface area contributed by atoms with Crippen molar-refractivity contribution in [3.05, 3.63) is 47.4 Å². The summed E-state index contributed by atoms with van der Waals surface area (Å²) in [6.07, 6.45) is -1.71. The van der Waals surface area contributed by atoms with Crippen LogP contribution in [0.2, 0.25) is 0 Å². The van der Waals surface area contributed by atoms with Crippen molar-refractivity contribution in [2.75, 3.05) is 25.3 Å². The Bertz CT molecular complexity index is 886. The van der Waals surface area contributed by atoms with Crippen LogP contribution in [0.1, 0.15) is 51.3 Å². The van der Waals surface area contributed by atoms with Crippen LogP contribution in [0.3, 0.4) is 0 Å². The first-order chi connectivity index (χ1) is 14.5. The number of aromatic nitrogens is 2. The van der Waals surface area contributed by atoms with Gasteiger partial charge in [-0.2, -0.15) is 13.2 Å². The zero-order valence-electron chi connectivity index (χ0n) is 17.9. The van der Waals surface area contributed by atoms with Gasteiger partial charge in [-0.05, 0) is 49.1 Å². The summed E-state index contributed by atoms with van der Waals surface area (Å²) < 4.78 is 47.1. The number of amides is 1. The van der Waals surface area contributed by atoms with Crippen molar-refractivity contribution in [3.8, 4) is 5.75 Å². The van der Waals surface area contributed by atoms with Crippen molar-refractivity contribution in [2.45, 2.75) is 39.9 Å². The van der Waals surface area contributed by atoms with Crippen molar-refractivity contribution in [1.82, 2.24) is 15.3 Å². The Kier molecular flexibility index (Phi) is 8.61. The third-order valence-corrected chi connectivity index (χ3v) is 4.12. The van der Waals surface area contributed by atoms with Gasteiger partial charge in [-0.1, -0.05) is 13.8 Å². The fraction of sp³-hybridized carbons (Fsp3) is 0.476. The molecule has 1 amide bonds. The fourth-order valence-electron chi connectivity index (χ4n) is 2.56. The minimum Gasteiger partial charge on any atom is -0.482 e. The lowest BCUT2D eigenvalue weighted by Crippen LogP contribution is -2.27. The Labute approximate surface area is 182 Å². The summed E-state index contributed by atoms with van der Waals surface area (Å²) in [5.41, 5.74) is 1.28. The lowest BCUT2D eigenvalue weighted by Gasteiger charge is -2.16. The van der Waals surface area contributed by atoms with E-state index in [1.807, 2.05) is 0 Å². The monoisotopic (exact) mass is 444 g/mol. The second-order valence-corrected chi connectivity index (χ2v) is 7.49. The van der Waals surface area contributed by atoms with E-state index in [4.69, 9.17) is 9.47 Å². The van der Waals surface area contributed by atoms with Crippen LogP contribution in [0, 0.1) is 12.8 Å². The number of anilines is 1. The van der Waals surface area contributed by atoms with Crippen LogP contribution in [0.4, 0.5) is 19.0 Å². The van der Waals surface area contributed by atoms with Crippen LogP contribution in [0.25, 0.3) is 0 Å². The van der Waals surface area contributed by atoms with Gasteiger partial charge >= 0.3 is 6.18 Å². The van der Waals surface area contributed by atoms with E-state index in [9.17, 15) is 18.0 Å². The summed E-state index contributed by atoms with van der Waals surface area (Å²) in [5.74, 6) is 0.567. The molecule has 1 atom stereocenters. The average molecular weight is 444 g/mol. The minimum atomic E-state index is -4.45. The van der Waals surface area contributed by atoms with Gasteiger partial charge in [0, 0.05) is 9.05 Å². The fourth-order valence-corrected chi connectivity index (χ4v) is 2.56. The smallest absolute Gasteiger partial charge is 0.422 e. The average Bonchev–Trinajstić information content (AvgIpc) is 2.69. The van der Waals surface area contributed by atoms with E-state index < -0.39 is 18.7 Å². The highest BCUT2D eigenvalue weighted by Gasteiger charge is 2.28. The topological polar surface area (TPSA) is 85.4 Å². The van der Waals surface area contributed by atoms with Gasteiger partial charge in [0.05, 0.1) is 18.8 Å². The van der Waals surface area contributed by atoms with Gasteiger partial charge in [0.1, 0.15) is 24.0 Å². The van der Waals surface area contributed by atoms with Crippen LogP contribution in [-0.2, 0) is 4.74 Å². The number of hydrogen-bond donors (Lipinski definition) is 2. The van der Waals surface area contributed by atoms with Gasteiger partial charge in [0.2, 0.25) is 0 Å². The lowest BCUT2D eigenvalue weighted by atomic mass is 10.1. The number of carbonyl (C=O) groups excluding carboxylic acids is 1. The lowest BCUT2D eigenvalue weighted by molar-refractivity contribution is -0.153. The molecule has 174 valence electrons. The van der Waals surface area contributed by atoms with Crippen LogP contribution < -0.4 is 15.4 Å². The molecule has 31 heavy (non-hydrogen) atoms. The minimum absolute atomic E-state index is 0. The molecule has 7 nitrogen and oxygen atoms in total. The number of alkyl halides is 3. The van der Waals surface area contributed by atoms with E-state index in [-0.39, 0.29) is 20.3 Å². The van der Waals surface area contributed by atoms with Crippen LogP contribution in [0.5, 0.6) is 5.75 Å². The summed E-state index contributed by atoms with van der Waals surface area (Å²) in [4.78, 5) is 20.7. The molecule has 1 unspecified atom stereocenters. The maximum absolute atomic E-state index is 12.5. The zero-order chi connectivity index (χ0) is 23.0. The van der Waals surface area contributed by atoms with Crippen LogP contribution >= 0.6 is 0 Å². The molecule has 0 aliphatic heterocycles. The third kappa shape index (κ3) is 8.41. The SMILES string of the molecule is Cc1cc(C(=O)NC(C)c2ccnc(NCOCC(C)C)c2)ncc1OCC(F)(F)F.[HH].[HH]. The molecule has 2 N–H and O–H groups in total. The van der Waals surface area contributed by atoms with E-state index in [2.05, 4.69) is 34.4 Å². The van der Waals surface area contributed by atoms with E-state index >= 15 is 0 Å². The van der Waals surface area contributed by atoms with Crippen molar-refractivity contribution >= 4 is 11.7 Å². The number of rotatable bonds is 10. The zero-order valence-corrected chi connectivity index (χ0v) is 17.9. The molecular formula is C21H31F3N4O3. The number of hydrogen-bond acceptors (Lipinski definition) is 6. The van der Waals surface area contributed by atoms with Gasteiger partial charge < -0.3 is 20.1 Å². The second-order valence-electron chi connectivity index (χ2n) is 7.49. The molecule has 0 spiro atoms. The highest BCUT2D eigenvalue weighted by atomic mass is 19.4. The Morgan fingerprint density at radius 2 is 1.97 bits per heavy atom. The van der Waals surface area contributed by atoms with Crippen molar-refractivity contribution in [3.63, 3.8) is 0 Å². The second kappa shape index (κ2) is 10.9. The van der Waals surface area contributed by atoms with Gasteiger partial charge in [0.25, 0.3) is 5.91 Å². The Morgan fingerprint density at radius 3 is 2.61 bits per heavy atom. The number of nitrogens with one attached hydrogen (secondary N) is 2. The molecule has 2 aromatic rings. The maximum Gasteiger partial charge on any atom is 0.422 e. The normalized spacial score (nSPS) is 12.5. The molecule has 2 rings (SSSR count). The van der Waals surface area contributed by atoms with E-state index in [0.717, 1.165) is 11.8 Å². The maximum atomic E-state index is 12.5. The highest BCUT2D eigenvalue weighted by molar-refractivity contribution is 5.92. The molecule has 2 aromatic heterocycles. The largest absolute Gasteiger partial charge is 0.482 e. The molecular weight excluding hydrogens is 413 g/mol. The predicted octanol–water partition coefficient (Wildman–Crippen LogP) is 4.75. The summed E-state index contributed by atoms with van der Waals surface area (Å²) in [7, 11) is 0. The van der Waals surface area contributed by atoms with Gasteiger partial charge in [-0.15, -0.1) is 0 Å². The number of ether oxygens (including phenoxy) is 2. The number of nitrogens with zero attached hydrogens (tertiary/aromatic N) is 2. The molecule has 0 aliphatic carbocycles. The van der Waals surface area contributed by atoms with E-state index in [0.29, 0.717) is 30.6 Å². The van der Waals surface area contributed by atoms with Crippen molar-refractivity contribution in [2.24, 2.45) is 5.92 Å². The quantitative estimate of drug-likeness (QED) is 0.406. The molecule has 2 heterocycles. The Hall–Kier alpha value is -2.88. The molecule has 0 saturated heterocycles. The molecule has 0 bridgehead atoms. The van der Waals surface area contributed by atoms with Crippen LogP contribution in [0.15, 0.2) is 30.6 Å². The summed E-state index contributed by atoms with van der Waals surface area (Å²) >= 11 is 0. The predicted molar refractivity (Wildman–Crippen MR) is 114 cm³/mol. The van der Waals surface area contributed by atoms with Crippen molar-refractivity contribution in [1.29, 1.82) is 0 Å². The molecule has 0 radical (unpaired) electrons. The van der Waals surface area contributed by atoms with Gasteiger partial charge in [-0.3, -0.25) is 4.79 Å². The first-order valence-corrected chi connectivity index (χ1v) is 9.79. The number of pyridine rings is 2. The van der Waals surface area contributed by atoms with Crippen LogP contribution in [-0.4, -0.2) is 42.0 Å². The highest BCUT2D eigenvalue weighted by Crippen LogP contribution is 2.22. The summed E-state index contributed by atoms with van der Waals surface area (Å²) in [5, 5.41) is 5.88. The Balaban J connectivity index is 0.00000512. The molecule has 0 saturated carbocycles. The third-order valence-electron chi connectivity index (χ3n) is 4.12. The first-order valence-electron chi connectivity index (χ1n) is 9.79. The molecule has 0 fully saturated rings. The Morgan fingerprint density at radius 1 is 1.23 bits per heavy atom. The standard InChI is InChI=1S/C21H27F3N4O3.2H2/c1-13(2)10-30-12-27-19-8-16(5-6-25-19)15(4)28-20(29)17-7-14(3)18(9-26-17)31-11-21(22,23)24;;/h5-9,13,15H,10-12H2,1-4H3,(H,25,27)(H,28,29);2*1H.